The number of nitro groups is 1. The van der Waals surface area contributed by atoms with Gasteiger partial charge in [0.05, 0.1) is 15.9 Å². The van der Waals surface area contributed by atoms with Gasteiger partial charge in [-0.2, -0.15) is 13.2 Å². The fourth-order valence-electron chi connectivity index (χ4n) is 3.36. The molecule has 0 radical (unpaired) electrons. The predicted molar refractivity (Wildman–Crippen MR) is 116 cm³/mol. The second kappa shape index (κ2) is 8.93. The molecule has 9 nitrogen and oxygen atoms in total. The van der Waals surface area contributed by atoms with Crippen LogP contribution in [0, 0.1) is 15.9 Å². The number of alkyl halides is 3. The average Bonchev–Trinajstić information content (AvgIpc) is 2.79. The van der Waals surface area contributed by atoms with E-state index >= 15 is 0 Å². The van der Waals surface area contributed by atoms with Crippen LogP contribution in [0.5, 0.6) is 0 Å². The fourth-order valence-corrected chi connectivity index (χ4v) is 3.36. The van der Waals surface area contributed by atoms with E-state index in [2.05, 4.69) is 20.3 Å². The number of benzene rings is 2. The summed E-state index contributed by atoms with van der Waals surface area (Å²) in [5.74, 6) is -1.79. The highest BCUT2D eigenvalue weighted by atomic mass is 19.4. The molecular formula is C22H13F4N5O4. The summed E-state index contributed by atoms with van der Waals surface area (Å²) < 4.78 is 52.9. The maximum Gasteiger partial charge on any atom is 0.417 e. The van der Waals surface area contributed by atoms with Crippen LogP contribution in [0.3, 0.4) is 0 Å². The van der Waals surface area contributed by atoms with Crippen molar-refractivity contribution in [3.63, 3.8) is 0 Å². The van der Waals surface area contributed by atoms with Crippen LogP contribution in [-0.2, 0) is 12.6 Å². The molecule has 0 spiro atoms. The van der Waals surface area contributed by atoms with Crippen molar-refractivity contribution in [2.24, 2.45) is 0 Å². The first-order valence-electron chi connectivity index (χ1n) is 9.81. The number of H-pyrrole nitrogens is 1. The minimum atomic E-state index is -4.89. The van der Waals surface area contributed by atoms with Crippen molar-refractivity contribution in [2.75, 3.05) is 5.32 Å². The summed E-state index contributed by atoms with van der Waals surface area (Å²) in [6, 6.07) is 8.93. The Labute approximate surface area is 192 Å². The van der Waals surface area contributed by atoms with Gasteiger partial charge in [-0.05, 0) is 35.9 Å². The molecule has 0 fully saturated rings. The molecule has 0 bridgehead atoms. The van der Waals surface area contributed by atoms with Gasteiger partial charge in [-0.3, -0.25) is 19.7 Å². The fraction of sp³-hybridized carbons (Fsp3) is 0.0909. The van der Waals surface area contributed by atoms with Crippen molar-refractivity contribution >= 4 is 34.0 Å². The average molecular weight is 487 g/mol. The topological polar surface area (TPSA) is 131 Å². The Morgan fingerprint density at radius 1 is 1.09 bits per heavy atom. The maximum atomic E-state index is 13.3. The van der Waals surface area contributed by atoms with E-state index in [0.717, 1.165) is 24.5 Å². The number of nitrogens with zero attached hydrogens (tertiary/aromatic N) is 3. The van der Waals surface area contributed by atoms with E-state index in [-0.39, 0.29) is 29.3 Å². The normalized spacial score (nSPS) is 11.4. The molecule has 2 aromatic heterocycles. The van der Waals surface area contributed by atoms with Crippen LogP contribution in [0.15, 0.2) is 59.7 Å². The van der Waals surface area contributed by atoms with Gasteiger partial charge >= 0.3 is 17.4 Å². The van der Waals surface area contributed by atoms with Crippen LogP contribution >= 0.6 is 0 Å². The van der Waals surface area contributed by atoms with Gasteiger partial charge in [-0.25, -0.2) is 14.4 Å². The molecule has 0 amide bonds. The van der Waals surface area contributed by atoms with Gasteiger partial charge in [-0.1, -0.05) is 12.1 Å². The lowest BCUT2D eigenvalue weighted by Gasteiger charge is -2.12. The molecule has 178 valence electrons. The highest BCUT2D eigenvalue weighted by Gasteiger charge is 2.35. The molecule has 4 rings (SSSR count). The Bertz CT molecular complexity index is 1520. The number of anilines is 2. The summed E-state index contributed by atoms with van der Waals surface area (Å²) in [5, 5.41) is 14.2. The Morgan fingerprint density at radius 3 is 2.46 bits per heavy atom. The molecular weight excluding hydrogens is 474 g/mol. The summed E-state index contributed by atoms with van der Waals surface area (Å²) in [7, 11) is 0. The van der Waals surface area contributed by atoms with Crippen molar-refractivity contribution in [1.29, 1.82) is 0 Å². The Balaban J connectivity index is 1.57. The summed E-state index contributed by atoms with van der Waals surface area (Å²) in [6.07, 6.45) is -4.11. The second-order valence-corrected chi connectivity index (χ2v) is 7.33. The largest absolute Gasteiger partial charge is 0.417 e. The number of ketones is 1. The number of hydrogen-bond donors (Lipinski definition) is 2. The number of fused-ring (bicyclic) bond motifs is 1. The Morgan fingerprint density at radius 2 is 1.80 bits per heavy atom. The van der Waals surface area contributed by atoms with Crippen LogP contribution in [0.4, 0.5) is 34.8 Å². The van der Waals surface area contributed by atoms with E-state index in [4.69, 9.17) is 0 Å². The molecule has 0 aliphatic heterocycles. The van der Waals surface area contributed by atoms with E-state index in [1.807, 2.05) is 0 Å². The first kappa shape index (κ1) is 23.5. The number of aromatic amines is 1. The number of Topliss-reactive ketones (excluding diaryl/α,β-unsaturated/α-hetero) is 1. The number of halogens is 4. The molecule has 0 saturated carbocycles. The zero-order chi connectivity index (χ0) is 25.3. The van der Waals surface area contributed by atoms with Gasteiger partial charge < -0.3 is 10.3 Å². The smallest absolute Gasteiger partial charge is 0.340 e. The van der Waals surface area contributed by atoms with Gasteiger partial charge in [0.15, 0.2) is 5.78 Å². The first-order chi connectivity index (χ1) is 16.5. The minimum absolute atomic E-state index is 0.0695. The lowest BCUT2D eigenvalue weighted by Crippen LogP contribution is -2.15. The van der Waals surface area contributed by atoms with Crippen molar-refractivity contribution in [3.8, 4) is 0 Å². The Hall–Kier alpha value is -4.68. The third-order valence-electron chi connectivity index (χ3n) is 5.00. The number of aromatic nitrogens is 3. The number of carbonyl (C=O) groups is 1. The third-order valence-corrected chi connectivity index (χ3v) is 5.00. The molecule has 2 aromatic carbocycles. The molecule has 2 N–H and O–H groups in total. The van der Waals surface area contributed by atoms with E-state index < -0.39 is 45.1 Å². The molecule has 35 heavy (non-hydrogen) atoms. The molecule has 0 aliphatic carbocycles. The summed E-state index contributed by atoms with van der Waals surface area (Å²) >= 11 is 0. The van der Waals surface area contributed by atoms with Crippen LogP contribution < -0.4 is 10.9 Å². The molecule has 0 aliphatic rings. The van der Waals surface area contributed by atoms with E-state index in [1.54, 1.807) is 0 Å². The van der Waals surface area contributed by atoms with Gasteiger partial charge in [0.2, 0.25) is 0 Å². The van der Waals surface area contributed by atoms with Gasteiger partial charge in [-0.15, -0.1) is 0 Å². The van der Waals surface area contributed by atoms with E-state index in [9.17, 15) is 37.3 Å². The maximum absolute atomic E-state index is 13.3. The quantitative estimate of drug-likeness (QED) is 0.177. The molecule has 2 heterocycles. The van der Waals surface area contributed by atoms with Gasteiger partial charge in [0, 0.05) is 23.7 Å². The highest BCUT2D eigenvalue weighted by Crippen LogP contribution is 2.33. The first-order valence-corrected chi connectivity index (χ1v) is 9.81. The van der Waals surface area contributed by atoms with Crippen molar-refractivity contribution in [2.45, 2.75) is 12.6 Å². The number of rotatable bonds is 6. The second-order valence-electron chi connectivity index (χ2n) is 7.33. The highest BCUT2D eigenvalue weighted by molar-refractivity contribution is 5.99. The van der Waals surface area contributed by atoms with Crippen LogP contribution in [0.25, 0.3) is 11.0 Å². The zero-order valence-electron chi connectivity index (χ0n) is 17.4. The van der Waals surface area contributed by atoms with Crippen LogP contribution in [0.1, 0.15) is 21.5 Å². The molecule has 0 unspecified atom stereocenters. The minimum Gasteiger partial charge on any atom is -0.340 e. The monoisotopic (exact) mass is 487 g/mol. The third kappa shape index (κ3) is 4.98. The zero-order valence-corrected chi connectivity index (χ0v) is 17.4. The van der Waals surface area contributed by atoms with Crippen LogP contribution in [-0.4, -0.2) is 25.7 Å². The van der Waals surface area contributed by atoms with Crippen LogP contribution in [0.2, 0.25) is 0 Å². The van der Waals surface area contributed by atoms with Crippen molar-refractivity contribution in [3.05, 3.63) is 97.8 Å². The number of nitrogens with one attached hydrogen (secondary N) is 2. The molecule has 0 saturated heterocycles. The number of pyridine rings is 1. The predicted octanol–water partition coefficient (Wildman–Crippen LogP) is 4.55. The molecule has 0 atom stereocenters. The van der Waals surface area contributed by atoms with Crippen molar-refractivity contribution in [1.82, 2.24) is 15.0 Å². The number of hydrogen-bond acceptors (Lipinski definition) is 7. The number of carbonyl (C=O) groups excluding carboxylic acids is 1. The summed E-state index contributed by atoms with van der Waals surface area (Å²) in [5.41, 5.74) is -2.69. The van der Waals surface area contributed by atoms with E-state index in [1.165, 1.54) is 24.3 Å². The van der Waals surface area contributed by atoms with Gasteiger partial charge in [0.1, 0.15) is 23.6 Å². The molecule has 4 aromatic rings. The molecule has 13 heteroatoms. The Kier molecular flexibility index (Phi) is 5.99. The standard InChI is InChI=1S/C22H13F4N5O4/c23-12-3-6-14(16(8-12)22(24,25)26)18(32)7-11-1-4-13(5-2-11)29-19-15-9-17(31(34)35)21(33)30-20(15)28-10-27-19/h1-6,8-10H,7H2,(H2,27,28,29,30,33). The summed E-state index contributed by atoms with van der Waals surface area (Å²) in [6.45, 7) is 0. The summed E-state index contributed by atoms with van der Waals surface area (Å²) in [4.78, 5) is 44.7. The van der Waals surface area contributed by atoms with E-state index in [0.29, 0.717) is 11.3 Å². The SMILES string of the molecule is O=C(Cc1ccc(Nc2ncnc3[nH]c(=O)c([N+](=O)[O-])cc23)cc1)c1ccc(F)cc1C(F)(F)F. The van der Waals surface area contributed by atoms with Gasteiger partial charge in [0.25, 0.3) is 0 Å². The van der Waals surface area contributed by atoms with Crippen molar-refractivity contribution < 1.29 is 27.3 Å². The lowest BCUT2D eigenvalue weighted by atomic mass is 9.98. The lowest BCUT2D eigenvalue weighted by molar-refractivity contribution is -0.386.